The standard InChI is InChI=1S/C9H17ClO2/c1-4-11-9-7(10)5-8(9)12-6(2)3/h6-9H,4-5H2,1-3H3. The van der Waals surface area contributed by atoms with Gasteiger partial charge in [0, 0.05) is 6.61 Å². The number of halogens is 1. The van der Waals surface area contributed by atoms with Gasteiger partial charge in [0.25, 0.3) is 0 Å². The second-order valence-corrected chi connectivity index (χ2v) is 3.96. The first kappa shape index (κ1) is 10.3. The lowest BCUT2D eigenvalue weighted by Crippen LogP contribution is -2.51. The van der Waals surface area contributed by atoms with E-state index in [0.29, 0.717) is 6.61 Å². The molecule has 0 aromatic heterocycles. The van der Waals surface area contributed by atoms with E-state index < -0.39 is 0 Å². The molecule has 3 heteroatoms. The Hall–Kier alpha value is 0.210. The Bertz CT molecular complexity index is 138. The Kier molecular flexibility index (Phi) is 3.81. The maximum atomic E-state index is 5.97. The zero-order chi connectivity index (χ0) is 9.14. The second kappa shape index (κ2) is 4.45. The smallest absolute Gasteiger partial charge is 0.100 e. The van der Waals surface area contributed by atoms with Crippen LogP contribution in [0.4, 0.5) is 0 Å². The molecule has 1 rings (SSSR count). The van der Waals surface area contributed by atoms with E-state index >= 15 is 0 Å². The molecule has 0 N–H and O–H groups in total. The summed E-state index contributed by atoms with van der Waals surface area (Å²) in [5.41, 5.74) is 0. The van der Waals surface area contributed by atoms with Gasteiger partial charge < -0.3 is 9.47 Å². The lowest BCUT2D eigenvalue weighted by Gasteiger charge is -2.41. The summed E-state index contributed by atoms with van der Waals surface area (Å²) in [4.78, 5) is 0. The summed E-state index contributed by atoms with van der Waals surface area (Å²) < 4.78 is 11.1. The highest BCUT2D eigenvalue weighted by atomic mass is 35.5. The van der Waals surface area contributed by atoms with Crippen LogP contribution in [0.2, 0.25) is 0 Å². The molecule has 0 aromatic rings. The Balaban J connectivity index is 2.27. The molecule has 1 fully saturated rings. The number of alkyl halides is 1. The van der Waals surface area contributed by atoms with Crippen LogP contribution in [0, 0.1) is 0 Å². The van der Waals surface area contributed by atoms with Crippen molar-refractivity contribution in [3.63, 3.8) is 0 Å². The largest absolute Gasteiger partial charge is 0.374 e. The summed E-state index contributed by atoms with van der Waals surface area (Å²) in [6.07, 6.45) is 1.51. The Morgan fingerprint density at radius 2 is 2.17 bits per heavy atom. The summed E-state index contributed by atoms with van der Waals surface area (Å²) in [5, 5.41) is 0.147. The zero-order valence-electron chi connectivity index (χ0n) is 7.92. The number of hydrogen-bond acceptors (Lipinski definition) is 2. The minimum atomic E-state index is 0.110. The van der Waals surface area contributed by atoms with Gasteiger partial charge in [-0.25, -0.2) is 0 Å². The third-order valence-electron chi connectivity index (χ3n) is 1.99. The van der Waals surface area contributed by atoms with Gasteiger partial charge in [-0.15, -0.1) is 11.6 Å². The van der Waals surface area contributed by atoms with Crippen molar-refractivity contribution in [1.29, 1.82) is 0 Å². The van der Waals surface area contributed by atoms with E-state index in [1.165, 1.54) is 0 Å². The van der Waals surface area contributed by atoms with E-state index in [4.69, 9.17) is 21.1 Å². The van der Waals surface area contributed by atoms with Gasteiger partial charge in [-0.05, 0) is 27.2 Å². The summed E-state index contributed by atoms with van der Waals surface area (Å²) in [6.45, 7) is 6.76. The van der Waals surface area contributed by atoms with Crippen LogP contribution in [0.1, 0.15) is 27.2 Å². The van der Waals surface area contributed by atoms with Crippen molar-refractivity contribution >= 4 is 11.6 Å². The van der Waals surface area contributed by atoms with Crippen LogP contribution in [0.3, 0.4) is 0 Å². The van der Waals surface area contributed by atoms with Gasteiger partial charge in [-0.1, -0.05) is 0 Å². The average molecular weight is 193 g/mol. The average Bonchev–Trinajstić information content (AvgIpc) is 1.99. The first-order chi connectivity index (χ1) is 5.65. The monoisotopic (exact) mass is 192 g/mol. The van der Waals surface area contributed by atoms with Gasteiger partial charge in [-0.3, -0.25) is 0 Å². The van der Waals surface area contributed by atoms with Gasteiger partial charge in [0.1, 0.15) is 6.10 Å². The topological polar surface area (TPSA) is 18.5 Å². The fourth-order valence-corrected chi connectivity index (χ4v) is 1.82. The van der Waals surface area contributed by atoms with Crippen molar-refractivity contribution in [2.45, 2.75) is 50.9 Å². The zero-order valence-corrected chi connectivity index (χ0v) is 8.67. The van der Waals surface area contributed by atoms with Crippen LogP contribution in [-0.2, 0) is 9.47 Å². The fourth-order valence-electron chi connectivity index (χ4n) is 1.41. The first-order valence-corrected chi connectivity index (χ1v) is 5.00. The molecule has 2 nitrogen and oxygen atoms in total. The quantitative estimate of drug-likeness (QED) is 0.636. The third kappa shape index (κ3) is 2.35. The molecule has 0 radical (unpaired) electrons. The van der Waals surface area contributed by atoms with E-state index in [-0.39, 0.29) is 23.7 Å². The van der Waals surface area contributed by atoms with Crippen molar-refractivity contribution in [3.05, 3.63) is 0 Å². The molecule has 0 heterocycles. The normalized spacial score (nSPS) is 35.2. The van der Waals surface area contributed by atoms with Crippen molar-refractivity contribution < 1.29 is 9.47 Å². The van der Waals surface area contributed by atoms with Crippen molar-refractivity contribution in [3.8, 4) is 0 Å². The molecule has 1 aliphatic rings. The lowest BCUT2D eigenvalue weighted by molar-refractivity contribution is -0.138. The first-order valence-electron chi connectivity index (χ1n) is 4.56. The van der Waals surface area contributed by atoms with Gasteiger partial charge in [-0.2, -0.15) is 0 Å². The van der Waals surface area contributed by atoms with Crippen LogP contribution in [0.25, 0.3) is 0 Å². The van der Waals surface area contributed by atoms with E-state index in [1.54, 1.807) is 0 Å². The molecular formula is C9H17ClO2. The Labute approximate surface area is 79.2 Å². The molecule has 12 heavy (non-hydrogen) atoms. The third-order valence-corrected chi connectivity index (χ3v) is 2.41. The predicted octanol–water partition coefficient (Wildman–Crippen LogP) is 2.20. The van der Waals surface area contributed by atoms with E-state index in [1.807, 2.05) is 20.8 Å². The molecule has 72 valence electrons. The van der Waals surface area contributed by atoms with Crippen LogP contribution < -0.4 is 0 Å². The molecule has 0 aliphatic heterocycles. The highest BCUT2D eigenvalue weighted by Gasteiger charge is 2.41. The van der Waals surface area contributed by atoms with Crippen LogP contribution in [-0.4, -0.2) is 30.3 Å². The Morgan fingerprint density at radius 1 is 1.50 bits per heavy atom. The maximum Gasteiger partial charge on any atom is 0.100 e. The Morgan fingerprint density at radius 3 is 2.58 bits per heavy atom. The molecular weight excluding hydrogens is 176 g/mol. The predicted molar refractivity (Wildman–Crippen MR) is 49.7 cm³/mol. The molecule has 0 saturated heterocycles. The molecule has 3 unspecified atom stereocenters. The highest BCUT2D eigenvalue weighted by molar-refractivity contribution is 6.21. The SMILES string of the molecule is CCOC1C(Cl)CC1OC(C)C. The summed E-state index contributed by atoms with van der Waals surface area (Å²) >= 11 is 5.97. The van der Waals surface area contributed by atoms with Crippen LogP contribution in [0.5, 0.6) is 0 Å². The van der Waals surface area contributed by atoms with Crippen molar-refractivity contribution in [2.24, 2.45) is 0 Å². The molecule has 1 aliphatic carbocycles. The highest BCUT2D eigenvalue weighted by Crippen LogP contribution is 2.32. The molecule has 3 atom stereocenters. The van der Waals surface area contributed by atoms with E-state index in [0.717, 1.165) is 6.42 Å². The summed E-state index contributed by atoms with van der Waals surface area (Å²) in [6, 6.07) is 0. The van der Waals surface area contributed by atoms with E-state index in [9.17, 15) is 0 Å². The van der Waals surface area contributed by atoms with Gasteiger partial charge in [0.15, 0.2) is 0 Å². The maximum absolute atomic E-state index is 5.97. The molecule has 0 aromatic carbocycles. The fraction of sp³-hybridized carbons (Fsp3) is 1.00. The number of hydrogen-bond donors (Lipinski definition) is 0. The van der Waals surface area contributed by atoms with E-state index in [2.05, 4.69) is 0 Å². The van der Waals surface area contributed by atoms with Crippen molar-refractivity contribution in [2.75, 3.05) is 6.61 Å². The number of rotatable bonds is 4. The molecule has 1 saturated carbocycles. The van der Waals surface area contributed by atoms with Crippen LogP contribution >= 0.6 is 11.6 Å². The van der Waals surface area contributed by atoms with Gasteiger partial charge in [0.05, 0.1) is 17.6 Å². The minimum Gasteiger partial charge on any atom is -0.374 e. The van der Waals surface area contributed by atoms with Gasteiger partial charge in [0.2, 0.25) is 0 Å². The molecule has 0 bridgehead atoms. The second-order valence-electron chi connectivity index (χ2n) is 3.39. The minimum absolute atomic E-state index is 0.110. The lowest BCUT2D eigenvalue weighted by atomic mass is 9.91. The molecule has 0 spiro atoms. The van der Waals surface area contributed by atoms with Gasteiger partial charge >= 0.3 is 0 Å². The number of ether oxygens (including phenoxy) is 2. The summed E-state index contributed by atoms with van der Waals surface area (Å²) in [7, 11) is 0. The molecule has 0 amide bonds. The van der Waals surface area contributed by atoms with Crippen LogP contribution in [0.15, 0.2) is 0 Å². The summed E-state index contributed by atoms with van der Waals surface area (Å²) in [5.74, 6) is 0. The van der Waals surface area contributed by atoms with Crippen molar-refractivity contribution in [1.82, 2.24) is 0 Å².